The van der Waals surface area contributed by atoms with Crippen molar-refractivity contribution in [2.45, 2.75) is 13.0 Å². The van der Waals surface area contributed by atoms with Crippen LogP contribution in [0.4, 0.5) is 5.82 Å². The molecule has 0 saturated heterocycles. The van der Waals surface area contributed by atoms with E-state index < -0.39 is 0 Å². The summed E-state index contributed by atoms with van der Waals surface area (Å²) in [7, 11) is 0. The molecule has 1 aromatic carbocycles. The number of nitrogens with zero attached hydrogens (tertiary/aromatic N) is 1. The Kier molecular flexibility index (Phi) is 5.65. The Labute approximate surface area is 120 Å². The number of pyridine rings is 1. The van der Waals surface area contributed by atoms with Gasteiger partial charge >= 0.3 is 0 Å². The zero-order valence-electron chi connectivity index (χ0n) is 9.31. The summed E-state index contributed by atoms with van der Waals surface area (Å²) in [5.41, 5.74) is 7.18. The minimum Gasteiger partial charge on any atom is -1.00 e. The highest BCUT2D eigenvalue weighted by atomic mass is 79.9. The van der Waals surface area contributed by atoms with Crippen molar-refractivity contribution in [3.63, 3.8) is 0 Å². The zero-order valence-corrected chi connectivity index (χ0v) is 12.5. The van der Waals surface area contributed by atoms with Crippen LogP contribution in [0.25, 0.3) is 0 Å². The molecule has 0 aliphatic heterocycles. The first-order valence-electron chi connectivity index (χ1n) is 5.25. The van der Waals surface area contributed by atoms with E-state index >= 15 is 0 Å². The molecule has 0 amide bonds. The molecular weight excluding hydrogens is 344 g/mol. The van der Waals surface area contributed by atoms with Crippen molar-refractivity contribution in [3.05, 3.63) is 58.7 Å². The molecular formula is C13H14Br2N2. The third-order valence-corrected chi connectivity index (χ3v) is 3.33. The number of rotatable bonds is 3. The quantitative estimate of drug-likeness (QED) is 0.742. The number of halogens is 2. The number of nitrogens with two attached hydrogens (primary N) is 1. The zero-order chi connectivity index (χ0) is 11.4. The number of hydrogen-bond acceptors (Lipinski definition) is 1. The first-order valence-corrected chi connectivity index (χ1v) is 6.04. The number of nitrogen functional groups attached to an aromatic ring is 1. The van der Waals surface area contributed by atoms with Crippen LogP contribution in [-0.2, 0) is 13.0 Å². The minimum atomic E-state index is 0. The Morgan fingerprint density at radius 2 is 1.76 bits per heavy atom. The van der Waals surface area contributed by atoms with Crippen molar-refractivity contribution >= 4 is 21.7 Å². The Morgan fingerprint density at radius 3 is 2.47 bits per heavy atom. The molecule has 0 radical (unpaired) electrons. The van der Waals surface area contributed by atoms with E-state index in [1.54, 1.807) is 0 Å². The molecule has 0 spiro atoms. The molecule has 0 aliphatic rings. The van der Waals surface area contributed by atoms with Gasteiger partial charge in [-0.3, -0.25) is 5.73 Å². The highest BCUT2D eigenvalue weighted by Crippen LogP contribution is 2.16. The van der Waals surface area contributed by atoms with E-state index in [1.807, 2.05) is 30.5 Å². The van der Waals surface area contributed by atoms with Crippen LogP contribution in [0.1, 0.15) is 5.56 Å². The topological polar surface area (TPSA) is 29.9 Å². The molecule has 2 nitrogen and oxygen atoms in total. The lowest BCUT2D eigenvalue weighted by atomic mass is 10.1. The summed E-state index contributed by atoms with van der Waals surface area (Å²) in [6.07, 6.45) is 2.98. The van der Waals surface area contributed by atoms with Crippen molar-refractivity contribution < 1.29 is 21.5 Å². The fourth-order valence-corrected chi connectivity index (χ4v) is 2.12. The molecule has 4 heteroatoms. The summed E-state index contributed by atoms with van der Waals surface area (Å²) in [5, 5.41) is 0. The normalized spacial score (nSPS) is 9.71. The van der Waals surface area contributed by atoms with Gasteiger partial charge < -0.3 is 17.0 Å². The summed E-state index contributed by atoms with van der Waals surface area (Å²) in [4.78, 5) is 0. The fourth-order valence-electron chi connectivity index (χ4n) is 1.64. The van der Waals surface area contributed by atoms with Crippen LogP contribution in [-0.4, -0.2) is 0 Å². The van der Waals surface area contributed by atoms with E-state index in [2.05, 4.69) is 38.7 Å². The summed E-state index contributed by atoms with van der Waals surface area (Å²) in [6, 6.07) is 14.1. The first-order chi connectivity index (χ1) is 7.77. The van der Waals surface area contributed by atoms with Gasteiger partial charge in [-0.25, -0.2) is 4.57 Å². The molecule has 17 heavy (non-hydrogen) atoms. The molecule has 0 saturated carbocycles. The average Bonchev–Trinajstić information content (AvgIpc) is 2.30. The fraction of sp³-hybridized carbons (Fsp3) is 0.154. The Bertz CT molecular complexity index is 441. The van der Waals surface area contributed by atoms with Crippen molar-refractivity contribution in [3.8, 4) is 0 Å². The van der Waals surface area contributed by atoms with Gasteiger partial charge in [0.15, 0.2) is 0 Å². The molecule has 0 atom stereocenters. The summed E-state index contributed by atoms with van der Waals surface area (Å²) >= 11 is 3.55. The SMILES string of the molecule is Nc1cccc[n+]1CCc1ccccc1Br.[Br-]. The molecule has 0 bridgehead atoms. The van der Waals surface area contributed by atoms with E-state index in [9.17, 15) is 0 Å². The second-order valence-electron chi connectivity index (χ2n) is 3.66. The van der Waals surface area contributed by atoms with Crippen LogP contribution in [0.15, 0.2) is 53.1 Å². The van der Waals surface area contributed by atoms with Gasteiger partial charge in [0.2, 0.25) is 0 Å². The first kappa shape index (κ1) is 14.2. The lowest BCUT2D eigenvalue weighted by molar-refractivity contribution is -0.682. The van der Waals surface area contributed by atoms with Gasteiger partial charge in [0.1, 0.15) is 0 Å². The highest BCUT2D eigenvalue weighted by molar-refractivity contribution is 9.10. The molecule has 0 aliphatic carbocycles. The number of aromatic nitrogens is 1. The molecule has 1 aromatic heterocycles. The maximum Gasteiger partial charge on any atom is 0.272 e. The van der Waals surface area contributed by atoms with Gasteiger partial charge in [-0.2, -0.15) is 0 Å². The monoisotopic (exact) mass is 356 g/mol. The number of anilines is 1. The van der Waals surface area contributed by atoms with Crippen molar-refractivity contribution in [2.24, 2.45) is 0 Å². The summed E-state index contributed by atoms with van der Waals surface area (Å²) in [5.74, 6) is 0.801. The van der Waals surface area contributed by atoms with E-state index in [4.69, 9.17) is 5.73 Å². The molecule has 0 fully saturated rings. The van der Waals surface area contributed by atoms with Crippen LogP contribution in [0.3, 0.4) is 0 Å². The third kappa shape index (κ3) is 3.82. The van der Waals surface area contributed by atoms with E-state index in [-0.39, 0.29) is 17.0 Å². The van der Waals surface area contributed by atoms with Crippen LogP contribution in [0.2, 0.25) is 0 Å². The predicted octanol–water partition coefficient (Wildman–Crippen LogP) is -0.434. The molecule has 2 aromatic rings. The number of benzene rings is 1. The molecule has 2 rings (SSSR count). The second kappa shape index (κ2) is 6.77. The molecule has 0 unspecified atom stereocenters. The van der Waals surface area contributed by atoms with Crippen LogP contribution < -0.4 is 27.3 Å². The van der Waals surface area contributed by atoms with Gasteiger partial charge in [-0.15, -0.1) is 0 Å². The molecule has 2 N–H and O–H groups in total. The lowest BCUT2D eigenvalue weighted by Gasteiger charge is -2.04. The third-order valence-electron chi connectivity index (χ3n) is 2.56. The van der Waals surface area contributed by atoms with Crippen LogP contribution in [0.5, 0.6) is 0 Å². The van der Waals surface area contributed by atoms with E-state index in [0.717, 1.165) is 23.3 Å². The lowest BCUT2D eigenvalue weighted by Crippen LogP contribution is -3.00. The standard InChI is InChI=1S/C13H13BrN2.BrH/c14-12-6-2-1-5-11(12)8-10-16-9-4-3-7-13(16)15;/h1-7,9,15H,8,10H2;1H. The average molecular weight is 358 g/mol. The van der Waals surface area contributed by atoms with Gasteiger partial charge in [0.25, 0.3) is 5.82 Å². The maximum atomic E-state index is 5.87. The largest absolute Gasteiger partial charge is 1.00 e. The van der Waals surface area contributed by atoms with Crippen LogP contribution >= 0.6 is 15.9 Å². The Hall–Kier alpha value is -0.870. The predicted molar refractivity (Wildman–Crippen MR) is 68.9 cm³/mol. The van der Waals surface area contributed by atoms with Crippen molar-refractivity contribution in [1.29, 1.82) is 0 Å². The Morgan fingerprint density at radius 1 is 1.06 bits per heavy atom. The van der Waals surface area contributed by atoms with Crippen molar-refractivity contribution in [1.82, 2.24) is 0 Å². The maximum absolute atomic E-state index is 5.87. The molecule has 90 valence electrons. The highest BCUT2D eigenvalue weighted by Gasteiger charge is 2.04. The Balaban J connectivity index is 0.00000144. The molecule has 1 heterocycles. The smallest absolute Gasteiger partial charge is 0.272 e. The second-order valence-corrected chi connectivity index (χ2v) is 4.51. The van der Waals surface area contributed by atoms with Crippen LogP contribution in [0, 0.1) is 0 Å². The van der Waals surface area contributed by atoms with Gasteiger partial charge in [-0.1, -0.05) is 40.2 Å². The van der Waals surface area contributed by atoms with E-state index in [1.165, 1.54) is 5.56 Å². The minimum absolute atomic E-state index is 0. The summed E-state index contributed by atoms with van der Waals surface area (Å²) in [6.45, 7) is 0.898. The summed E-state index contributed by atoms with van der Waals surface area (Å²) < 4.78 is 3.21. The van der Waals surface area contributed by atoms with Gasteiger partial charge in [0.05, 0.1) is 12.7 Å². The van der Waals surface area contributed by atoms with Gasteiger partial charge in [0, 0.05) is 17.0 Å². The number of aryl methyl sites for hydroxylation is 2. The number of hydrogen-bond donors (Lipinski definition) is 1. The van der Waals surface area contributed by atoms with Gasteiger partial charge in [-0.05, 0) is 17.7 Å². The van der Waals surface area contributed by atoms with Crippen molar-refractivity contribution in [2.75, 3.05) is 5.73 Å². The van der Waals surface area contributed by atoms with E-state index in [0.29, 0.717) is 0 Å².